The summed E-state index contributed by atoms with van der Waals surface area (Å²) in [6.07, 6.45) is 2.16. The molecule has 0 amide bonds. The quantitative estimate of drug-likeness (QED) is 0.676. The van der Waals surface area contributed by atoms with Crippen LogP contribution in [0.4, 0.5) is 5.82 Å². The minimum Gasteiger partial charge on any atom is -0.363 e. The fraction of sp³-hybridized carbons (Fsp3) is 0.214. The van der Waals surface area contributed by atoms with Gasteiger partial charge in [-0.3, -0.25) is 10.1 Å². The van der Waals surface area contributed by atoms with Crippen molar-refractivity contribution in [3.8, 4) is 0 Å². The minimum absolute atomic E-state index is 0.0542. The molecule has 0 saturated heterocycles. The van der Waals surface area contributed by atoms with E-state index >= 15 is 0 Å². The molecular formula is C14H13N3O2. The molecule has 0 saturated carbocycles. The fourth-order valence-electron chi connectivity index (χ4n) is 2.57. The van der Waals surface area contributed by atoms with Gasteiger partial charge in [0.1, 0.15) is 5.82 Å². The van der Waals surface area contributed by atoms with Crippen LogP contribution in [0.15, 0.2) is 48.7 Å². The third kappa shape index (κ3) is 2.14. The first-order chi connectivity index (χ1) is 9.25. The Labute approximate surface area is 110 Å². The lowest BCUT2D eigenvalue weighted by molar-refractivity contribution is -0.528. The average Bonchev–Trinajstić information content (AvgIpc) is 2.79. The summed E-state index contributed by atoms with van der Waals surface area (Å²) in [5.41, 5.74) is 1.80. The van der Waals surface area contributed by atoms with Crippen LogP contribution < -0.4 is 5.32 Å². The molecule has 0 spiro atoms. The topological polar surface area (TPSA) is 68.1 Å². The van der Waals surface area contributed by atoms with E-state index in [0.29, 0.717) is 6.42 Å². The van der Waals surface area contributed by atoms with Crippen molar-refractivity contribution in [2.75, 3.05) is 5.32 Å². The van der Waals surface area contributed by atoms with E-state index in [1.165, 1.54) is 0 Å². The third-order valence-corrected chi connectivity index (χ3v) is 3.43. The zero-order chi connectivity index (χ0) is 13.2. The summed E-state index contributed by atoms with van der Waals surface area (Å²) in [4.78, 5) is 15.1. The Morgan fingerprint density at radius 3 is 2.58 bits per heavy atom. The van der Waals surface area contributed by atoms with Crippen LogP contribution in [0.1, 0.15) is 29.6 Å². The van der Waals surface area contributed by atoms with E-state index in [9.17, 15) is 10.1 Å². The standard InChI is InChI=1S/C14H13N3O2/c18-17(19)13-9-12(10-5-1-2-6-11(10)13)16-14-7-3-4-8-15-14/h1-8,12-13H,9H2,(H,15,16). The van der Waals surface area contributed by atoms with Crippen molar-refractivity contribution >= 4 is 5.82 Å². The Hall–Kier alpha value is -2.43. The molecule has 5 heteroatoms. The Bertz CT molecular complexity index is 601. The molecule has 0 bridgehead atoms. The molecule has 1 aliphatic rings. The number of pyridine rings is 1. The lowest BCUT2D eigenvalue weighted by Crippen LogP contribution is -2.10. The molecule has 3 rings (SSSR count). The molecule has 19 heavy (non-hydrogen) atoms. The van der Waals surface area contributed by atoms with E-state index in [0.717, 1.165) is 16.9 Å². The highest BCUT2D eigenvalue weighted by Gasteiger charge is 2.38. The van der Waals surface area contributed by atoms with Gasteiger partial charge in [-0.15, -0.1) is 0 Å². The number of fused-ring (bicyclic) bond motifs is 1. The lowest BCUT2D eigenvalue weighted by atomic mass is 10.1. The first-order valence-electron chi connectivity index (χ1n) is 6.15. The summed E-state index contributed by atoms with van der Waals surface area (Å²) >= 11 is 0. The minimum atomic E-state index is -0.627. The van der Waals surface area contributed by atoms with E-state index in [2.05, 4.69) is 10.3 Å². The second kappa shape index (κ2) is 4.68. The molecule has 0 radical (unpaired) electrons. The zero-order valence-corrected chi connectivity index (χ0v) is 10.2. The van der Waals surface area contributed by atoms with Crippen LogP contribution in [0.25, 0.3) is 0 Å². The highest BCUT2D eigenvalue weighted by molar-refractivity contribution is 5.44. The van der Waals surface area contributed by atoms with Gasteiger partial charge in [0.05, 0.1) is 6.04 Å². The number of nitrogens with zero attached hydrogens (tertiary/aromatic N) is 2. The maximum atomic E-state index is 11.1. The molecule has 1 N–H and O–H groups in total. The number of hydrogen-bond donors (Lipinski definition) is 1. The summed E-state index contributed by atoms with van der Waals surface area (Å²) in [7, 11) is 0. The van der Waals surface area contributed by atoms with Crippen molar-refractivity contribution in [2.24, 2.45) is 0 Å². The van der Waals surface area contributed by atoms with Gasteiger partial charge in [-0.1, -0.05) is 30.3 Å². The lowest BCUT2D eigenvalue weighted by Gasteiger charge is -2.13. The number of aromatic nitrogens is 1. The van der Waals surface area contributed by atoms with E-state index in [1.54, 1.807) is 6.20 Å². The van der Waals surface area contributed by atoms with Crippen LogP contribution >= 0.6 is 0 Å². The number of rotatable bonds is 3. The second-order valence-electron chi connectivity index (χ2n) is 4.58. The predicted molar refractivity (Wildman–Crippen MR) is 71.4 cm³/mol. The molecule has 2 aromatic rings. The largest absolute Gasteiger partial charge is 0.363 e. The Morgan fingerprint density at radius 1 is 1.16 bits per heavy atom. The predicted octanol–water partition coefficient (Wildman–Crippen LogP) is 2.96. The summed E-state index contributed by atoms with van der Waals surface area (Å²) in [5, 5.41) is 14.4. The van der Waals surface area contributed by atoms with Crippen molar-refractivity contribution in [3.05, 3.63) is 69.9 Å². The monoisotopic (exact) mass is 255 g/mol. The van der Waals surface area contributed by atoms with Crippen molar-refractivity contribution in [1.82, 2.24) is 4.98 Å². The van der Waals surface area contributed by atoms with Crippen LogP contribution in [0.2, 0.25) is 0 Å². The molecule has 5 nitrogen and oxygen atoms in total. The van der Waals surface area contributed by atoms with Gasteiger partial charge in [-0.25, -0.2) is 4.98 Å². The van der Waals surface area contributed by atoms with Crippen LogP contribution in [-0.4, -0.2) is 9.91 Å². The SMILES string of the molecule is O=[N+]([O-])C1CC(Nc2ccccn2)c2ccccc21. The molecule has 96 valence electrons. The molecule has 0 aliphatic heterocycles. The van der Waals surface area contributed by atoms with Crippen molar-refractivity contribution < 1.29 is 4.92 Å². The second-order valence-corrected chi connectivity index (χ2v) is 4.58. The van der Waals surface area contributed by atoms with E-state index < -0.39 is 6.04 Å². The van der Waals surface area contributed by atoms with Gasteiger partial charge in [0.25, 0.3) is 0 Å². The van der Waals surface area contributed by atoms with Crippen molar-refractivity contribution in [2.45, 2.75) is 18.5 Å². The summed E-state index contributed by atoms with van der Waals surface area (Å²) in [6, 6.07) is 12.4. The van der Waals surface area contributed by atoms with Crippen LogP contribution in [0.3, 0.4) is 0 Å². The molecule has 0 fully saturated rings. The number of hydrogen-bond acceptors (Lipinski definition) is 4. The maximum Gasteiger partial charge on any atom is 0.240 e. The first-order valence-corrected chi connectivity index (χ1v) is 6.15. The zero-order valence-electron chi connectivity index (χ0n) is 10.2. The Morgan fingerprint density at radius 2 is 1.89 bits per heavy atom. The van der Waals surface area contributed by atoms with Gasteiger partial charge in [0.15, 0.2) is 0 Å². The maximum absolute atomic E-state index is 11.1. The van der Waals surface area contributed by atoms with Crippen LogP contribution in [0.5, 0.6) is 0 Å². The summed E-state index contributed by atoms with van der Waals surface area (Å²) in [6.45, 7) is 0. The Balaban J connectivity index is 1.91. The fourth-order valence-corrected chi connectivity index (χ4v) is 2.57. The van der Waals surface area contributed by atoms with Crippen LogP contribution in [-0.2, 0) is 0 Å². The molecule has 1 aromatic heterocycles. The van der Waals surface area contributed by atoms with E-state index in [1.807, 2.05) is 42.5 Å². The third-order valence-electron chi connectivity index (χ3n) is 3.43. The smallest absolute Gasteiger partial charge is 0.240 e. The summed E-state index contributed by atoms with van der Waals surface area (Å²) in [5.74, 6) is 0.742. The van der Waals surface area contributed by atoms with Crippen LogP contribution in [0, 0.1) is 10.1 Å². The summed E-state index contributed by atoms with van der Waals surface area (Å²) < 4.78 is 0. The normalized spacial score (nSPS) is 20.8. The number of benzene rings is 1. The highest BCUT2D eigenvalue weighted by Crippen LogP contribution is 2.41. The van der Waals surface area contributed by atoms with Crippen molar-refractivity contribution in [1.29, 1.82) is 0 Å². The molecule has 2 unspecified atom stereocenters. The van der Waals surface area contributed by atoms with Gasteiger partial charge < -0.3 is 5.32 Å². The van der Waals surface area contributed by atoms with E-state index in [-0.39, 0.29) is 11.0 Å². The Kier molecular flexibility index (Phi) is 2.87. The number of nitrogens with one attached hydrogen (secondary N) is 1. The highest BCUT2D eigenvalue weighted by atomic mass is 16.6. The van der Waals surface area contributed by atoms with Gasteiger partial charge in [-0.2, -0.15) is 0 Å². The molecule has 2 atom stereocenters. The average molecular weight is 255 g/mol. The van der Waals surface area contributed by atoms with Gasteiger partial charge >= 0.3 is 0 Å². The first kappa shape index (κ1) is 11.6. The van der Waals surface area contributed by atoms with E-state index in [4.69, 9.17) is 0 Å². The molecule has 1 heterocycles. The molecular weight excluding hydrogens is 242 g/mol. The van der Waals surface area contributed by atoms with Gasteiger partial charge in [0, 0.05) is 23.1 Å². The van der Waals surface area contributed by atoms with Crippen molar-refractivity contribution in [3.63, 3.8) is 0 Å². The molecule has 1 aliphatic carbocycles. The molecule has 1 aromatic carbocycles. The van der Waals surface area contributed by atoms with Gasteiger partial charge in [0.2, 0.25) is 6.04 Å². The van der Waals surface area contributed by atoms with Gasteiger partial charge in [-0.05, 0) is 17.7 Å². The number of anilines is 1. The number of nitro groups is 1.